The molecular formula is C19H29BrN2O3. The molecule has 0 aliphatic carbocycles. The monoisotopic (exact) mass is 412 g/mol. The third kappa shape index (κ3) is 7.34. The molecule has 0 aromatic heterocycles. The summed E-state index contributed by atoms with van der Waals surface area (Å²) in [5, 5.41) is 3.40. The van der Waals surface area contributed by atoms with Crippen LogP contribution in [0.4, 0.5) is 4.79 Å². The zero-order valence-corrected chi connectivity index (χ0v) is 17.0. The Hall–Kier alpha value is -1.11. The minimum atomic E-state index is -0.441. The Kier molecular flexibility index (Phi) is 7.72. The van der Waals surface area contributed by atoms with Gasteiger partial charge in [-0.2, -0.15) is 0 Å². The first kappa shape index (κ1) is 20.2. The Morgan fingerprint density at radius 2 is 1.96 bits per heavy atom. The molecule has 140 valence electrons. The fraction of sp³-hybridized carbons (Fsp3) is 0.632. The van der Waals surface area contributed by atoms with E-state index in [0.717, 1.165) is 30.4 Å². The highest BCUT2D eigenvalue weighted by atomic mass is 79.9. The third-order valence-electron chi connectivity index (χ3n) is 4.00. The molecule has 0 saturated carbocycles. The Morgan fingerprint density at radius 3 is 2.60 bits per heavy atom. The first-order valence-electron chi connectivity index (χ1n) is 8.89. The zero-order chi connectivity index (χ0) is 18.3. The van der Waals surface area contributed by atoms with E-state index in [4.69, 9.17) is 9.47 Å². The lowest BCUT2D eigenvalue weighted by molar-refractivity contribution is -0.0104. The second kappa shape index (κ2) is 9.55. The molecule has 0 radical (unpaired) electrons. The molecule has 1 aromatic carbocycles. The summed E-state index contributed by atoms with van der Waals surface area (Å²) in [6.07, 6.45) is 1.73. The Bertz CT molecular complexity index is 552. The molecule has 2 rings (SSSR count). The highest BCUT2D eigenvalue weighted by Gasteiger charge is 2.26. The predicted molar refractivity (Wildman–Crippen MR) is 103 cm³/mol. The number of nitrogens with zero attached hydrogens (tertiary/aromatic N) is 1. The van der Waals surface area contributed by atoms with Gasteiger partial charge in [-0.15, -0.1) is 0 Å². The number of amides is 1. The molecule has 1 fully saturated rings. The average Bonchev–Trinajstić information content (AvgIpc) is 2.55. The van der Waals surface area contributed by atoms with E-state index in [9.17, 15) is 4.79 Å². The summed E-state index contributed by atoms with van der Waals surface area (Å²) in [6, 6.07) is 8.20. The normalized spacial score (nSPS) is 16.1. The van der Waals surface area contributed by atoms with Gasteiger partial charge in [-0.3, -0.25) is 0 Å². The van der Waals surface area contributed by atoms with Crippen molar-refractivity contribution < 1.29 is 14.3 Å². The van der Waals surface area contributed by atoms with Gasteiger partial charge >= 0.3 is 6.09 Å². The molecule has 25 heavy (non-hydrogen) atoms. The predicted octanol–water partition coefficient (Wildman–Crippen LogP) is 3.95. The summed E-state index contributed by atoms with van der Waals surface area (Å²) >= 11 is 3.55. The minimum absolute atomic E-state index is 0.221. The van der Waals surface area contributed by atoms with Crippen LogP contribution in [0.25, 0.3) is 0 Å². The topological polar surface area (TPSA) is 50.8 Å². The number of hydrogen-bond acceptors (Lipinski definition) is 4. The largest absolute Gasteiger partial charge is 0.444 e. The van der Waals surface area contributed by atoms with Crippen LogP contribution in [-0.2, 0) is 16.0 Å². The number of rotatable bonds is 6. The standard InChI is InChI=1S/C19H29BrN2O3/c1-19(2,3)25-18(23)22-11-8-16(9-12-22)24-13-10-21-14-15-6-4-5-7-17(15)20/h4-7,16,21H,8-14H2,1-3H3. The second-order valence-corrected chi connectivity index (χ2v) is 8.16. The maximum absolute atomic E-state index is 12.0. The molecule has 6 heteroatoms. The molecule has 0 atom stereocenters. The summed E-state index contributed by atoms with van der Waals surface area (Å²) in [5.41, 5.74) is 0.803. The Morgan fingerprint density at radius 1 is 1.28 bits per heavy atom. The van der Waals surface area contributed by atoms with Gasteiger partial charge in [0, 0.05) is 30.7 Å². The molecule has 1 aliphatic heterocycles. The fourth-order valence-electron chi connectivity index (χ4n) is 2.69. The van der Waals surface area contributed by atoms with Crippen LogP contribution < -0.4 is 5.32 Å². The first-order chi connectivity index (χ1) is 11.8. The van der Waals surface area contributed by atoms with E-state index < -0.39 is 5.60 Å². The highest BCUT2D eigenvalue weighted by molar-refractivity contribution is 9.10. The second-order valence-electron chi connectivity index (χ2n) is 7.31. The van der Waals surface area contributed by atoms with Crippen LogP contribution in [0.5, 0.6) is 0 Å². The van der Waals surface area contributed by atoms with Crippen molar-refractivity contribution in [1.82, 2.24) is 10.2 Å². The van der Waals surface area contributed by atoms with Crippen LogP contribution in [0, 0.1) is 0 Å². The maximum Gasteiger partial charge on any atom is 0.410 e. The molecule has 1 aliphatic rings. The summed E-state index contributed by atoms with van der Waals surface area (Å²) in [7, 11) is 0. The minimum Gasteiger partial charge on any atom is -0.444 e. The lowest BCUT2D eigenvalue weighted by Crippen LogP contribution is -2.43. The number of benzene rings is 1. The molecule has 0 spiro atoms. The fourth-order valence-corrected chi connectivity index (χ4v) is 3.12. The molecule has 1 N–H and O–H groups in total. The zero-order valence-electron chi connectivity index (χ0n) is 15.4. The van der Waals surface area contributed by atoms with E-state index in [1.165, 1.54) is 5.56 Å². The molecule has 1 saturated heterocycles. The summed E-state index contributed by atoms with van der Waals surface area (Å²) in [5.74, 6) is 0. The van der Waals surface area contributed by atoms with Gasteiger partial charge in [-0.05, 0) is 45.2 Å². The number of halogens is 1. The van der Waals surface area contributed by atoms with Crippen LogP contribution >= 0.6 is 15.9 Å². The van der Waals surface area contributed by atoms with Crippen LogP contribution in [-0.4, -0.2) is 48.9 Å². The molecule has 5 nitrogen and oxygen atoms in total. The molecule has 1 heterocycles. The van der Waals surface area contributed by atoms with E-state index in [1.54, 1.807) is 4.90 Å². The smallest absolute Gasteiger partial charge is 0.410 e. The SMILES string of the molecule is CC(C)(C)OC(=O)N1CCC(OCCNCc2ccccc2Br)CC1. The molecule has 0 unspecified atom stereocenters. The van der Waals surface area contributed by atoms with Crippen molar-refractivity contribution in [3.8, 4) is 0 Å². The van der Waals surface area contributed by atoms with Gasteiger partial charge in [0.25, 0.3) is 0 Å². The van der Waals surface area contributed by atoms with Crippen molar-refractivity contribution in [2.45, 2.75) is 51.9 Å². The van der Waals surface area contributed by atoms with Gasteiger partial charge in [0.05, 0.1) is 12.7 Å². The first-order valence-corrected chi connectivity index (χ1v) is 9.68. The maximum atomic E-state index is 12.0. The van der Waals surface area contributed by atoms with E-state index in [-0.39, 0.29) is 12.2 Å². The molecule has 1 amide bonds. The van der Waals surface area contributed by atoms with E-state index >= 15 is 0 Å². The Labute approximate surface area is 159 Å². The quantitative estimate of drug-likeness (QED) is 0.718. The number of carbonyl (C=O) groups excluding carboxylic acids is 1. The molecule has 0 bridgehead atoms. The van der Waals surface area contributed by atoms with E-state index in [1.807, 2.05) is 39.0 Å². The number of ether oxygens (including phenoxy) is 2. The van der Waals surface area contributed by atoms with Crippen molar-refractivity contribution in [1.29, 1.82) is 0 Å². The van der Waals surface area contributed by atoms with Gasteiger partial charge in [0.15, 0.2) is 0 Å². The van der Waals surface area contributed by atoms with Gasteiger partial charge in [0.2, 0.25) is 0 Å². The van der Waals surface area contributed by atoms with Gasteiger partial charge in [-0.25, -0.2) is 4.79 Å². The highest BCUT2D eigenvalue weighted by Crippen LogP contribution is 2.17. The summed E-state index contributed by atoms with van der Waals surface area (Å²) in [6.45, 7) is 9.39. The number of nitrogens with one attached hydrogen (secondary N) is 1. The average molecular weight is 413 g/mol. The lowest BCUT2D eigenvalue weighted by Gasteiger charge is -2.33. The van der Waals surface area contributed by atoms with Gasteiger partial charge in [-0.1, -0.05) is 34.1 Å². The number of hydrogen-bond donors (Lipinski definition) is 1. The van der Waals surface area contributed by atoms with Crippen LogP contribution in [0.15, 0.2) is 28.7 Å². The number of piperidine rings is 1. The van der Waals surface area contributed by atoms with Crippen LogP contribution in [0.3, 0.4) is 0 Å². The van der Waals surface area contributed by atoms with Crippen LogP contribution in [0.2, 0.25) is 0 Å². The van der Waals surface area contributed by atoms with Crippen molar-refractivity contribution in [3.05, 3.63) is 34.3 Å². The van der Waals surface area contributed by atoms with Crippen molar-refractivity contribution in [3.63, 3.8) is 0 Å². The van der Waals surface area contributed by atoms with E-state index in [0.29, 0.717) is 19.7 Å². The summed E-state index contributed by atoms with van der Waals surface area (Å²) in [4.78, 5) is 13.8. The Balaban J connectivity index is 1.58. The third-order valence-corrected chi connectivity index (χ3v) is 4.77. The van der Waals surface area contributed by atoms with Crippen molar-refractivity contribution in [2.24, 2.45) is 0 Å². The van der Waals surface area contributed by atoms with E-state index in [2.05, 4.69) is 27.3 Å². The van der Waals surface area contributed by atoms with Crippen LogP contribution in [0.1, 0.15) is 39.2 Å². The lowest BCUT2D eigenvalue weighted by atomic mass is 10.1. The van der Waals surface area contributed by atoms with Gasteiger partial charge < -0.3 is 19.7 Å². The molecule has 1 aromatic rings. The molecular weight excluding hydrogens is 384 g/mol. The van der Waals surface area contributed by atoms with Crippen molar-refractivity contribution in [2.75, 3.05) is 26.2 Å². The summed E-state index contributed by atoms with van der Waals surface area (Å²) < 4.78 is 12.5. The van der Waals surface area contributed by atoms with Crippen molar-refractivity contribution >= 4 is 22.0 Å². The number of carbonyl (C=O) groups is 1. The number of likely N-dealkylation sites (tertiary alicyclic amines) is 1. The van der Waals surface area contributed by atoms with Gasteiger partial charge in [0.1, 0.15) is 5.60 Å².